The molecule has 0 aromatic carbocycles. The van der Waals surface area contributed by atoms with Crippen molar-refractivity contribution in [2.75, 3.05) is 6.61 Å². The number of carbonyl (C=O) groups excluding carboxylic acids is 1. The number of amides is 1. The van der Waals surface area contributed by atoms with E-state index in [1.54, 1.807) is 0 Å². The molecule has 0 bridgehead atoms. The van der Waals surface area contributed by atoms with E-state index in [2.05, 4.69) is 0 Å². The Morgan fingerprint density at radius 3 is 2.24 bits per heavy atom. The predicted molar refractivity (Wildman–Crippen MR) is 61.7 cm³/mol. The molecule has 1 aliphatic rings. The highest BCUT2D eigenvalue weighted by Gasteiger charge is 2.56. The van der Waals surface area contributed by atoms with Crippen LogP contribution in [0.2, 0.25) is 0 Å². The fraction of sp³-hybridized carbons (Fsp3) is 0.909. The van der Waals surface area contributed by atoms with Crippen LogP contribution in [0, 0.1) is 5.92 Å². The van der Waals surface area contributed by atoms with Gasteiger partial charge in [0.05, 0.1) is 6.61 Å². The molecule has 0 unspecified atom stereocenters. The van der Waals surface area contributed by atoms with Crippen LogP contribution in [0.3, 0.4) is 0 Å². The third-order valence-corrected chi connectivity index (χ3v) is 3.41. The number of nitrogens with one attached hydrogen (secondary N) is 1. The van der Waals surface area contributed by atoms with Gasteiger partial charge >= 0.3 is 12.1 Å². The average molecular weight is 317 g/mol. The first-order chi connectivity index (χ1) is 9.45. The van der Waals surface area contributed by atoms with E-state index < -0.39 is 54.7 Å². The van der Waals surface area contributed by atoms with Gasteiger partial charge in [-0.1, -0.05) is 13.8 Å². The van der Waals surface area contributed by atoms with Crippen LogP contribution in [-0.4, -0.2) is 69.3 Å². The smallest absolute Gasteiger partial charge is 0.394 e. The Morgan fingerprint density at radius 2 is 1.86 bits per heavy atom. The maximum atomic E-state index is 12.3. The minimum absolute atomic E-state index is 0.771. The zero-order valence-corrected chi connectivity index (χ0v) is 11.3. The fourth-order valence-electron chi connectivity index (χ4n) is 2.10. The molecule has 10 heteroatoms. The Labute approximate surface area is 118 Å². The predicted octanol–water partition coefficient (Wildman–Crippen LogP) is -1.51. The van der Waals surface area contributed by atoms with E-state index in [0.29, 0.717) is 0 Å². The number of aliphatic hydroxyl groups excluding tert-OH is 3. The molecule has 21 heavy (non-hydrogen) atoms. The summed E-state index contributed by atoms with van der Waals surface area (Å²) >= 11 is 0. The first kappa shape index (κ1) is 18.1. The Hall–Kier alpha value is -0.940. The molecule has 124 valence electrons. The van der Waals surface area contributed by atoms with Gasteiger partial charge < -0.3 is 30.5 Å². The second kappa shape index (κ2) is 6.05. The van der Waals surface area contributed by atoms with Gasteiger partial charge in [-0.05, 0) is 0 Å². The fourth-order valence-corrected chi connectivity index (χ4v) is 2.10. The summed E-state index contributed by atoms with van der Waals surface area (Å²) in [5.41, 5.74) is 0. The van der Waals surface area contributed by atoms with Gasteiger partial charge in [-0.3, -0.25) is 4.79 Å². The number of ether oxygens (including phenoxy) is 1. The van der Waals surface area contributed by atoms with Crippen LogP contribution in [0.5, 0.6) is 0 Å². The SMILES string of the molecule is CC(C)[C@@]1(O)O[C@H](CO)[C@H](O)[C@H](O)[C@H]1NC(=O)C(F)(F)F. The molecular weight excluding hydrogens is 299 g/mol. The maximum absolute atomic E-state index is 12.3. The summed E-state index contributed by atoms with van der Waals surface area (Å²) in [6.45, 7) is 1.99. The third kappa shape index (κ3) is 3.46. The van der Waals surface area contributed by atoms with Gasteiger partial charge in [0.1, 0.15) is 24.4 Å². The highest BCUT2D eigenvalue weighted by atomic mass is 19.4. The monoisotopic (exact) mass is 317 g/mol. The van der Waals surface area contributed by atoms with Crippen LogP contribution < -0.4 is 5.32 Å². The van der Waals surface area contributed by atoms with E-state index in [4.69, 9.17) is 9.84 Å². The summed E-state index contributed by atoms with van der Waals surface area (Å²) in [7, 11) is 0. The van der Waals surface area contributed by atoms with Crippen molar-refractivity contribution in [2.45, 2.75) is 50.2 Å². The standard InChI is InChI=1S/C11H18F3NO6/c1-4(2)10(20)8(15-9(19)11(12,13)14)7(18)6(17)5(3-16)21-10/h4-8,16-18,20H,3H2,1-2H3,(H,15,19)/t5-,6+,7+,8-,10-/m1/s1. The van der Waals surface area contributed by atoms with Gasteiger partial charge in [-0.2, -0.15) is 13.2 Å². The molecule has 5 atom stereocenters. The number of carbonyl (C=O) groups is 1. The van der Waals surface area contributed by atoms with Gasteiger partial charge in [0, 0.05) is 5.92 Å². The summed E-state index contributed by atoms with van der Waals surface area (Å²) in [4.78, 5) is 11.0. The first-order valence-electron chi connectivity index (χ1n) is 6.20. The van der Waals surface area contributed by atoms with Crippen LogP contribution in [0.15, 0.2) is 0 Å². The number of aliphatic hydroxyl groups is 4. The van der Waals surface area contributed by atoms with E-state index in [-0.39, 0.29) is 0 Å². The normalized spacial score (nSPS) is 37.6. The minimum atomic E-state index is -5.23. The van der Waals surface area contributed by atoms with Crippen molar-refractivity contribution in [3.8, 4) is 0 Å². The lowest BCUT2D eigenvalue weighted by Crippen LogP contribution is -2.72. The molecule has 1 amide bonds. The van der Waals surface area contributed by atoms with E-state index in [0.717, 1.165) is 0 Å². The summed E-state index contributed by atoms with van der Waals surface area (Å²) in [6, 6.07) is -1.91. The first-order valence-corrected chi connectivity index (χ1v) is 6.20. The van der Waals surface area contributed by atoms with Crippen LogP contribution in [0.25, 0.3) is 0 Å². The van der Waals surface area contributed by atoms with E-state index in [9.17, 15) is 33.3 Å². The number of hydrogen-bond donors (Lipinski definition) is 5. The Morgan fingerprint density at radius 1 is 1.33 bits per heavy atom. The third-order valence-electron chi connectivity index (χ3n) is 3.41. The quantitative estimate of drug-likeness (QED) is 0.432. The lowest BCUT2D eigenvalue weighted by atomic mass is 9.84. The van der Waals surface area contributed by atoms with E-state index >= 15 is 0 Å². The molecular formula is C11H18F3NO6. The number of hydrogen-bond acceptors (Lipinski definition) is 6. The second-order valence-corrected chi connectivity index (χ2v) is 5.18. The molecule has 1 rings (SSSR count). The molecule has 0 radical (unpaired) electrons. The molecule has 0 aliphatic carbocycles. The molecule has 1 aliphatic heterocycles. The van der Waals surface area contributed by atoms with Crippen molar-refractivity contribution in [3.05, 3.63) is 0 Å². The maximum Gasteiger partial charge on any atom is 0.471 e. The summed E-state index contributed by atoms with van der Waals surface area (Å²) in [5.74, 6) is -5.61. The lowest BCUT2D eigenvalue weighted by molar-refractivity contribution is -0.335. The van der Waals surface area contributed by atoms with Crippen molar-refractivity contribution in [1.82, 2.24) is 5.32 Å². The Bertz CT molecular complexity index is 391. The molecule has 1 fully saturated rings. The summed E-state index contributed by atoms with van der Waals surface area (Å²) in [6.07, 6.45) is -10.3. The van der Waals surface area contributed by atoms with Gasteiger partial charge in [-0.25, -0.2) is 0 Å². The van der Waals surface area contributed by atoms with Crippen molar-refractivity contribution in [3.63, 3.8) is 0 Å². The highest BCUT2D eigenvalue weighted by molar-refractivity contribution is 5.82. The molecule has 0 aromatic heterocycles. The zero-order valence-electron chi connectivity index (χ0n) is 11.3. The summed E-state index contributed by atoms with van der Waals surface area (Å²) < 4.78 is 41.9. The molecule has 0 spiro atoms. The average Bonchev–Trinajstić information content (AvgIpc) is 2.37. The second-order valence-electron chi connectivity index (χ2n) is 5.18. The van der Waals surface area contributed by atoms with Crippen LogP contribution in [0.4, 0.5) is 13.2 Å². The summed E-state index contributed by atoms with van der Waals surface area (Å²) in [5, 5.41) is 40.3. The number of halogens is 3. The highest BCUT2D eigenvalue weighted by Crippen LogP contribution is 2.34. The van der Waals surface area contributed by atoms with Crippen molar-refractivity contribution in [2.24, 2.45) is 5.92 Å². The molecule has 7 nitrogen and oxygen atoms in total. The van der Waals surface area contributed by atoms with Gasteiger partial charge in [0.2, 0.25) is 0 Å². The molecule has 0 saturated carbocycles. The van der Waals surface area contributed by atoms with Crippen LogP contribution in [-0.2, 0) is 9.53 Å². The van der Waals surface area contributed by atoms with E-state index in [1.807, 2.05) is 0 Å². The molecule has 0 aromatic rings. The number of rotatable bonds is 3. The zero-order chi connectivity index (χ0) is 16.6. The van der Waals surface area contributed by atoms with Crippen LogP contribution in [0.1, 0.15) is 13.8 Å². The van der Waals surface area contributed by atoms with Gasteiger partial charge in [0.15, 0.2) is 5.79 Å². The van der Waals surface area contributed by atoms with E-state index in [1.165, 1.54) is 19.2 Å². The molecule has 1 heterocycles. The van der Waals surface area contributed by atoms with Crippen LogP contribution >= 0.6 is 0 Å². The number of alkyl halides is 3. The largest absolute Gasteiger partial charge is 0.471 e. The Kier molecular flexibility index (Phi) is 5.22. The van der Waals surface area contributed by atoms with Crippen molar-refractivity contribution < 1.29 is 43.1 Å². The van der Waals surface area contributed by atoms with Gasteiger partial charge in [0.25, 0.3) is 0 Å². The minimum Gasteiger partial charge on any atom is -0.394 e. The van der Waals surface area contributed by atoms with Crippen molar-refractivity contribution in [1.29, 1.82) is 0 Å². The Balaban J connectivity index is 3.09. The van der Waals surface area contributed by atoms with Gasteiger partial charge in [-0.15, -0.1) is 0 Å². The lowest BCUT2D eigenvalue weighted by Gasteiger charge is -2.49. The molecule has 1 saturated heterocycles. The molecule has 5 N–H and O–H groups in total. The topological polar surface area (TPSA) is 119 Å². The van der Waals surface area contributed by atoms with Crippen molar-refractivity contribution >= 4 is 5.91 Å².